The van der Waals surface area contributed by atoms with Crippen molar-refractivity contribution in [3.8, 4) is 0 Å². The number of nitrogens with two attached hydrogens (primary N) is 1. The van der Waals surface area contributed by atoms with E-state index in [-0.39, 0.29) is 25.2 Å². The van der Waals surface area contributed by atoms with E-state index in [9.17, 15) is 13.2 Å². The third kappa shape index (κ3) is 4.57. The van der Waals surface area contributed by atoms with Crippen LogP contribution in [0.2, 0.25) is 0 Å². The van der Waals surface area contributed by atoms with Crippen LogP contribution in [0.5, 0.6) is 0 Å². The molecule has 22 heavy (non-hydrogen) atoms. The van der Waals surface area contributed by atoms with E-state index in [1.54, 1.807) is 0 Å². The van der Waals surface area contributed by atoms with Crippen LogP contribution in [0.25, 0.3) is 0 Å². The second-order valence-corrected chi connectivity index (χ2v) is 8.02. The SMILES string of the molecule is CCOC(CCNC(=O)N1CC(S(N)(=O)=O)C1)C1CCCC1. The smallest absolute Gasteiger partial charge is 0.317 e. The van der Waals surface area contributed by atoms with E-state index in [0.717, 1.165) is 6.42 Å². The fourth-order valence-electron chi connectivity index (χ4n) is 3.24. The molecule has 3 N–H and O–H groups in total. The van der Waals surface area contributed by atoms with Crippen molar-refractivity contribution in [3.05, 3.63) is 0 Å². The Balaban J connectivity index is 1.68. The van der Waals surface area contributed by atoms with Crippen molar-refractivity contribution < 1.29 is 17.9 Å². The standard InChI is InChI=1S/C14H27N3O4S/c1-2-21-13(11-5-3-4-6-11)7-8-16-14(18)17-9-12(10-17)22(15,19)20/h11-13H,2-10H2,1H3,(H,16,18)(H2,15,19,20). The van der Waals surface area contributed by atoms with Crippen molar-refractivity contribution in [2.24, 2.45) is 11.1 Å². The third-order valence-electron chi connectivity index (χ3n) is 4.61. The van der Waals surface area contributed by atoms with E-state index >= 15 is 0 Å². The summed E-state index contributed by atoms with van der Waals surface area (Å²) in [5.41, 5.74) is 0. The molecule has 0 aromatic rings. The van der Waals surface area contributed by atoms with Gasteiger partial charge >= 0.3 is 6.03 Å². The zero-order chi connectivity index (χ0) is 16.2. The van der Waals surface area contributed by atoms with Crippen LogP contribution in [0.15, 0.2) is 0 Å². The number of carbonyl (C=O) groups excluding carboxylic acids is 1. The number of primary sulfonamides is 1. The summed E-state index contributed by atoms with van der Waals surface area (Å²) in [6, 6.07) is -0.221. The van der Waals surface area contributed by atoms with Gasteiger partial charge in [-0.15, -0.1) is 0 Å². The molecule has 128 valence electrons. The maximum Gasteiger partial charge on any atom is 0.317 e. The molecular weight excluding hydrogens is 306 g/mol. The first-order valence-corrected chi connectivity index (χ1v) is 9.68. The van der Waals surface area contributed by atoms with Gasteiger partial charge in [-0.05, 0) is 32.1 Å². The van der Waals surface area contributed by atoms with E-state index in [1.165, 1.54) is 30.6 Å². The fourth-order valence-corrected chi connectivity index (χ4v) is 4.02. The number of rotatable bonds is 7. The van der Waals surface area contributed by atoms with Crippen LogP contribution in [0.4, 0.5) is 4.79 Å². The molecule has 2 fully saturated rings. The molecule has 1 unspecified atom stereocenters. The Morgan fingerprint density at radius 3 is 2.55 bits per heavy atom. The van der Waals surface area contributed by atoms with Crippen molar-refractivity contribution in [2.75, 3.05) is 26.2 Å². The Bertz CT molecular complexity index is 470. The molecule has 0 bridgehead atoms. The van der Waals surface area contributed by atoms with Crippen molar-refractivity contribution in [2.45, 2.75) is 50.4 Å². The molecule has 1 heterocycles. The van der Waals surface area contributed by atoms with Gasteiger partial charge in [-0.3, -0.25) is 0 Å². The van der Waals surface area contributed by atoms with Crippen LogP contribution in [-0.2, 0) is 14.8 Å². The van der Waals surface area contributed by atoms with Gasteiger partial charge in [0.05, 0.1) is 6.10 Å². The quantitative estimate of drug-likeness (QED) is 0.714. The first-order valence-electron chi connectivity index (χ1n) is 8.07. The van der Waals surface area contributed by atoms with Gasteiger partial charge in [-0.1, -0.05) is 12.8 Å². The molecule has 0 aromatic heterocycles. The van der Waals surface area contributed by atoms with Gasteiger partial charge in [0.1, 0.15) is 5.25 Å². The number of hydrogen-bond donors (Lipinski definition) is 2. The first kappa shape index (κ1) is 17.5. The van der Waals surface area contributed by atoms with E-state index in [0.29, 0.717) is 19.1 Å². The predicted octanol–water partition coefficient (Wildman–Crippen LogP) is 0.654. The van der Waals surface area contributed by atoms with Crippen LogP contribution in [0, 0.1) is 5.92 Å². The number of urea groups is 1. The molecule has 1 aliphatic carbocycles. The molecule has 7 nitrogen and oxygen atoms in total. The zero-order valence-corrected chi connectivity index (χ0v) is 14.0. The zero-order valence-electron chi connectivity index (χ0n) is 13.2. The third-order valence-corrected chi connectivity index (χ3v) is 5.84. The summed E-state index contributed by atoms with van der Waals surface area (Å²) in [5.74, 6) is 0.604. The highest BCUT2D eigenvalue weighted by atomic mass is 32.2. The van der Waals surface area contributed by atoms with Gasteiger partial charge in [-0.2, -0.15) is 0 Å². The molecule has 2 amide bonds. The van der Waals surface area contributed by atoms with Gasteiger partial charge < -0.3 is 15.0 Å². The van der Waals surface area contributed by atoms with Crippen LogP contribution in [0.3, 0.4) is 0 Å². The van der Waals surface area contributed by atoms with Crippen molar-refractivity contribution in [3.63, 3.8) is 0 Å². The van der Waals surface area contributed by atoms with Crippen molar-refractivity contribution >= 4 is 16.1 Å². The van der Waals surface area contributed by atoms with Gasteiger partial charge in [0.15, 0.2) is 0 Å². The minimum atomic E-state index is -3.53. The molecule has 1 saturated heterocycles. The second-order valence-electron chi connectivity index (χ2n) is 6.17. The highest BCUT2D eigenvalue weighted by Crippen LogP contribution is 2.30. The molecule has 2 aliphatic rings. The summed E-state index contributed by atoms with van der Waals surface area (Å²) in [6.45, 7) is 3.60. The molecule has 0 aromatic carbocycles. The van der Waals surface area contributed by atoms with E-state index in [4.69, 9.17) is 9.88 Å². The summed E-state index contributed by atoms with van der Waals surface area (Å²) in [4.78, 5) is 13.4. The fraction of sp³-hybridized carbons (Fsp3) is 0.929. The molecule has 0 radical (unpaired) electrons. The maximum absolute atomic E-state index is 11.9. The van der Waals surface area contributed by atoms with Gasteiger partial charge in [0, 0.05) is 26.2 Å². The molecule has 1 atom stereocenters. The normalized spacial score (nSPS) is 21.6. The predicted molar refractivity (Wildman–Crippen MR) is 83.9 cm³/mol. The Morgan fingerprint density at radius 2 is 2.00 bits per heavy atom. The van der Waals surface area contributed by atoms with Crippen molar-refractivity contribution in [1.29, 1.82) is 0 Å². The summed E-state index contributed by atoms with van der Waals surface area (Å²) in [5, 5.41) is 7.27. The van der Waals surface area contributed by atoms with Gasteiger partial charge in [-0.25, -0.2) is 18.4 Å². The molecule has 8 heteroatoms. The lowest BCUT2D eigenvalue weighted by molar-refractivity contribution is 0.0164. The average molecular weight is 333 g/mol. The first-order chi connectivity index (χ1) is 10.4. The molecule has 1 aliphatic heterocycles. The van der Waals surface area contributed by atoms with E-state index < -0.39 is 15.3 Å². The highest BCUT2D eigenvalue weighted by molar-refractivity contribution is 7.89. The summed E-state index contributed by atoms with van der Waals surface area (Å²) < 4.78 is 28.0. The molecule has 2 rings (SSSR count). The van der Waals surface area contributed by atoms with Crippen molar-refractivity contribution in [1.82, 2.24) is 10.2 Å². The largest absolute Gasteiger partial charge is 0.378 e. The Labute approximate surface area is 132 Å². The number of hydrogen-bond acceptors (Lipinski definition) is 4. The minimum absolute atomic E-state index is 0.183. The van der Waals surface area contributed by atoms with E-state index in [1.807, 2.05) is 6.92 Å². The van der Waals surface area contributed by atoms with Crippen LogP contribution in [0.1, 0.15) is 39.0 Å². The number of likely N-dealkylation sites (tertiary alicyclic amines) is 1. The Hall–Kier alpha value is -0.860. The number of carbonyl (C=O) groups is 1. The molecule has 0 spiro atoms. The number of ether oxygens (including phenoxy) is 1. The second kappa shape index (κ2) is 7.61. The number of nitrogens with one attached hydrogen (secondary N) is 1. The number of sulfonamides is 1. The lowest BCUT2D eigenvalue weighted by Gasteiger charge is -2.37. The number of amides is 2. The van der Waals surface area contributed by atoms with Crippen LogP contribution < -0.4 is 10.5 Å². The molecular formula is C14H27N3O4S. The van der Waals surface area contributed by atoms with Crippen LogP contribution in [-0.4, -0.2) is 56.9 Å². The van der Waals surface area contributed by atoms with Gasteiger partial charge in [0.2, 0.25) is 10.0 Å². The minimum Gasteiger partial charge on any atom is -0.378 e. The van der Waals surface area contributed by atoms with Crippen LogP contribution >= 0.6 is 0 Å². The highest BCUT2D eigenvalue weighted by Gasteiger charge is 2.37. The maximum atomic E-state index is 11.9. The summed E-state index contributed by atoms with van der Waals surface area (Å²) >= 11 is 0. The topological polar surface area (TPSA) is 102 Å². The monoisotopic (exact) mass is 333 g/mol. The summed E-state index contributed by atoms with van der Waals surface area (Å²) in [6.07, 6.45) is 5.96. The Morgan fingerprint density at radius 1 is 1.36 bits per heavy atom. The summed E-state index contributed by atoms with van der Waals surface area (Å²) in [7, 11) is -3.53. The number of nitrogens with zero attached hydrogens (tertiary/aromatic N) is 1. The van der Waals surface area contributed by atoms with Gasteiger partial charge in [0.25, 0.3) is 0 Å². The lowest BCUT2D eigenvalue weighted by atomic mass is 9.98. The van der Waals surface area contributed by atoms with E-state index in [2.05, 4.69) is 5.32 Å². The Kier molecular flexibility index (Phi) is 6.05. The average Bonchev–Trinajstić information content (AvgIpc) is 2.87. The molecule has 1 saturated carbocycles. The lowest BCUT2D eigenvalue weighted by Crippen LogP contribution is -2.60.